The monoisotopic (exact) mass is 512 g/mol. The summed E-state index contributed by atoms with van der Waals surface area (Å²) in [5.41, 5.74) is 4.79. The van der Waals surface area contributed by atoms with Crippen molar-refractivity contribution in [1.29, 1.82) is 0 Å². The van der Waals surface area contributed by atoms with Crippen molar-refractivity contribution >= 4 is 27.2 Å². The number of benzene rings is 3. The highest BCUT2D eigenvalue weighted by Crippen LogP contribution is 2.41. The van der Waals surface area contributed by atoms with E-state index >= 15 is 0 Å². The van der Waals surface area contributed by atoms with Gasteiger partial charge in [0, 0.05) is 58.3 Å². The van der Waals surface area contributed by atoms with E-state index < -0.39 is 0 Å². The molecule has 0 radical (unpaired) electrons. The van der Waals surface area contributed by atoms with Gasteiger partial charge in [-0.1, -0.05) is 48.5 Å². The maximum absolute atomic E-state index is 13.9. The van der Waals surface area contributed by atoms with Gasteiger partial charge in [0.25, 0.3) is 0 Å². The molecule has 6 heteroatoms. The van der Waals surface area contributed by atoms with Crippen LogP contribution >= 0.6 is 11.3 Å². The first-order valence-corrected chi connectivity index (χ1v) is 13.9. The van der Waals surface area contributed by atoms with Crippen LogP contribution in [0.3, 0.4) is 0 Å². The normalized spacial score (nSPS) is 22.3. The minimum atomic E-state index is 0.00728. The van der Waals surface area contributed by atoms with E-state index in [2.05, 4.69) is 53.1 Å². The molecule has 5 aliphatic rings. The molecule has 0 saturated carbocycles. The molecule has 6 heterocycles. The number of phenols is 1. The van der Waals surface area contributed by atoms with E-state index in [1.54, 1.807) is 23.5 Å². The summed E-state index contributed by atoms with van der Waals surface area (Å²) in [5.74, 6) is 0.767. The molecule has 3 atom stereocenters. The number of carbonyl (C=O) groups is 1. The van der Waals surface area contributed by atoms with Gasteiger partial charge in [-0.2, -0.15) is 0 Å². The summed E-state index contributed by atoms with van der Waals surface area (Å²) < 4.78 is 0.900. The van der Waals surface area contributed by atoms with Crippen molar-refractivity contribution in [2.45, 2.75) is 32.5 Å². The van der Waals surface area contributed by atoms with Crippen molar-refractivity contribution < 1.29 is 15.0 Å². The van der Waals surface area contributed by atoms with Crippen molar-refractivity contribution in [3.63, 3.8) is 0 Å². The lowest BCUT2D eigenvalue weighted by atomic mass is 9.96. The minimum absolute atomic E-state index is 0.00728. The van der Waals surface area contributed by atoms with Crippen LogP contribution in [-0.4, -0.2) is 58.1 Å². The molecule has 2 N–H and O–H groups in total. The van der Waals surface area contributed by atoms with Crippen LogP contribution < -0.4 is 0 Å². The van der Waals surface area contributed by atoms with Crippen molar-refractivity contribution in [1.82, 2.24) is 9.80 Å². The van der Waals surface area contributed by atoms with Crippen LogP contribution in [0.4, 0.5) is 0 Å². The van der Waals surface area contributed by atoms with Crippen molar-refractivity contribution in [2.75, 3.05) is 26.2 Å². The van der Waals surface area contributed by atoms with Crippen LogP contribution in [0.1, 0.15) is 40.4 Å². The highest BCUT2D eigenvalue weighted by molar-refractivity contribution is 7.22. The smallest absolute Gasteiger partial charge is 0.195 e. The molecule has 5 nitrogen and oxygen atoms in total. The molecule has 1 fully saturated rings. The first-order chi connectivity index (χ1) is 18.0. The maximum Gasteiger partial charge on any atom is 0.195 e. The Hall–Kier alpha value is -3.03. The Kier molecular flexibility index (Phi) is 6.59. The van der Waals surface area contributed by atoms with Crippen LogP contribution in [0.15, 0.2) is 66.7 Å². The Morgan fingerprint density at radius 3 is 2.38 bits per heavy atom. The van der Waals surface area contributed by atoms with Crippen LogP contribution in [0.25, 0.3) is 20.5 Å². The fourth-order valence-electron chi connectivity index (χ4n) is 5.93. The standard InChI is InChI=1S/C31H32N2O3S/c1-20-25-12-13-32(19-25)17-21-2-6-23(7-3-21)30(36)29-27-11-10-26(35)16-28(27)37-31(29)24-8-4-22(5-9-24)18-33(20)14-15-34/h2-11,16,20,25,34-35H,12-15,17-19H2,1H3. The van der Waals surface area contributed by atoms with Gasteiger partial charge in [-0.15, -0.1) is 11.3 Å². The van der Waals surface area contributed by atoms with Gasteiger partial charge in [0.1, 0.15) is 5.75 Å². The molecule has 0 spiro atoms. The molecular formula is C31H32N2O3S. The van der Waals surface area contributed by atoms with Crippen molar-refractivity contribution in [3.05, 3.63) is 89.0 Å². The van der Waals surface area contributed by atoms with Crippen molar-refractivity contribution in [2.24, 2.45) is 5.92 Å². The lowest BCUT2D eigenvalue weighted by Gasteiger charge is -2.33. The Balaban J connectivity index is 1.48. The zero-order valence-electron chi connectivity index (χ0n) is 21.1. The second-order valence-electron chi connectivity index (χ2n) is 10.4. The average molecular weight is 513 g/mol. The number of aliphatic hydroxyl groups is 1. The first-order valence-electron chi connectivity index (χ1n) is 13.1. The van der Waals surface area contributed by atoms with E-state index in [-0.39, 0.29) is 18.1 Å². The van der Waals surface area contributed by atoms with Gasteiger partial charge >= 0.3 is 0 Å². The highest BCUT2D eigenvalue weighted by atomic mass is 32.1. The molecule has 9 rings (SSSR count). The van der Waals surface area contributed by atoms with Gasteiger partial charge < -0.3 is 10.2 Å². The number of hydrogen-bond donors (Lipinski definition) is 2. The fourth-order valence-corrected chi connectivity index (χ4v) is 7.17. The molecule has 6 bridgehead atoms. The van der Waals surface area contributed by atoms with Crippen molar-refractivity contribution in [3.8, 4) is 16.2 Å². The number of hydrogen-bond acceptors (Lipinski definition) is 6. The minimum Gasteiger partial charge on any atom is -0.508 e. The predicted molar refractivity (Wildman–Crippen MR) is 149 cm³/mol. The average Bonchev–Trinajstić information content (AvgIpc) is 3.52. The fraction of sp³-hybridized carbons (Fsp3) is 0.323. The second-order valence-corrected chi connectivity index (χ2v) is 11.5. The summed E-state index contributed by atoms with van der Waals surface area (Å²) in [5, 5.41) is 20.8. The summed E-state index contributed by atoms with van der Waals surface area (Å²) in [4.78, 5) is 19.7. The van der Waals surface area contributed by atoms with Gasteiger partial charge in [-0.25, -0.2) is 0 Å². The Labute approximate surface area is 221 Å². The number of nitrogens with zero attached hydrogens (tertiary/aromatic N) is 2. The molecular weight excluding hydrogens is 480 g/mol. The van der Waals surface area contributed by atoms with Crippen LogP contribution in [0.2, 0.25) is 0 Å². The number of phenolic OH excluding ortho intramolecular Hbond substituents is 1. The van der Waals surface area contributed by atoms with Gasteiger partial charge in [0.2, 0.25) is 0 Å². The van der Waals surface area contributed by atoms with E-state index in [0.717, 1.165) is 53.1 Å². The zero-order chi connectivity index (χ0) is 25.5. The lowest BCUT2D eigenvalue weighted by Crippen LogP contribution is -2.40. The third kappa shape index (κ3) is 4.71. The predicted octanol–water partition coefficient (Wildman–Crippen LogP) is 5.52. The molecule has 1 aromatic heterocycles. The third-order valence-electron chi connectivity index (χ3n) is 8.08. The number of aromatic hydroxyl groups is 1. The number of ketones is 1. The number of fused-ring (bicyclic) bond motifs is 1. The van der Waals surface area contributed by atoms with Crippen LogP contribution in [0.5, 0.6) is 5.75 Å². The molecule has 0 amide bonds. The van der Waals surface area contributed by atoms with E-state index in [1.807, 2.05) is 18.2 Å². The first kappa shape index (κ1) is 24.3. The number of carbonyl (C=O) groups excluding carboxylic acids is 1. The third-order valence-corrected chi connectivity index (χ3v) is 9.28. The molecule has 3 unspecified atom stereocenters. The lowest BCUT2D eigenvalue weighted by molar-refractivity contribution is 0.104. The Bertz CT molecular complexity index is 1430. The second kappa shape index (κ2) is 10.0. The van der Waals surface area contributed by atoms with Gasteiger partial charge in [-0.3, -0.25) is 14.6 Å². The molecule has 3 aromatic carbocycles. The van der Waals surface area contributed by atoms with E-state index in [9.17, 15) is 15.0 Å². The van der Waals surface area contributed by atoms with Crippen LogP contribution in [-0.2, 0) is 13.1 Å². The number of aliphatic hydroxyl groups excluding tert-OH is 1. The number of thiophene rings is 1. The topological polar surface area (TPSA) is 64.0 Å². The molecule has 1 saturated heterocycles. The molecule has 4 aromatic rings. The van der Waals surface area contributed by atoms with Gasteiger partial charge in [0.15, 0.2) is 5.78 Å². The van der Waals surface area contributed by atoms with E-state index in [1.165, 1.54) is 11.1 Å². The Morgan fingerprint density at radius 1 is 0.946 bits per heavy atom. The number of rotatable bonds is 2. The largest absolute Gasteiger partial charge is 0.508 e. The van der Waals surface area contributed by atoms with Crippen LogP contribution in [0, 0.1) is 5.92 Å². The molecule has 0 aliphatic carbocycles. The quantitative estimate of drug-likeness (QED) is 0.370. The molecule has 190 valence electrons. The summed E-state index contributed by atoms with van der Waals surface area (Å²) in [6, 6.07) is 22.2. The molecule has 5 aliphatic heterocycles. The van der Waals surface area contributed by atoms with E-state index in [4.69, 9.17) is 0 Å². The summed E-state index contributed by atoms with van der Waals surface area (Å²) >= 11 is 1.55. The van der Waals surface area contributed by atoms with Gasteiger partial charge in [0.05, 0.1) is 6.61 Å². The maximum atomic E-state index is 13.9. The molecule has 37 heavy (non-hydrogen) atoms. The van der Waals surface area contributed by atoms with E-state index in [0.29, 0.717) is 29.6 Å². The summed E-state index contributed by atoms with van der Waals surface area (Å²) in [7, 11) is 0. The Morgan fingerprint density at radius 2 is 1.65 bits per heavy atom. The SMILES string of the molecule is CC1C2CCN(Cc3ccc(cc3)C(=O)c3c(sc4cc(O)ccc34)-c3ccc(cc3)CN1CCO)C2. The summed E-state index contributed by atoms with van der Waals surface area (Å²) in [6.45, 7) is 6.87. The zero-order valence-corrected chi connectivity index (χ0v) is 21.9. The highest BCUT2D eigenvalue weighted by Gasteiger charge is 2.30. The summed E-state index contributed by atoms with van der Waals surface area (Å²) in [6.07, 6.45) is 1.15. The van der Waals surface area contributed by atoms with Gasteiger partial charge in [-0.05, 0) is 60.7 Å².